The Morgan fingerprint density at radius 1 is 1.35 bits per heavy atom. The van der Waals surface area contributed by atoms with Gasteiger partial charge in [0.15, 0.2) is 0 Å². The van der Waals surface area contributed by atoms with Crippen molar-refractivity contribution in [1.82, 2.24) is 5.32 Å². The lowest BCUT2D eigenvalue weighted by Gasteiger charge is -2.24. The molecule has 0 aromatic heterocycles. The van der Waals surface area contributed by atoms with Crippen LogP contribution in [0.25, 0.3) is 0 Å². The van der Waals surface area contributed by atoms with Crippen LogP contribution in [0, 0.1) is 0 Å². The number of halogens is 1. The van der Waals surface area contributed by atoms with Crippen LogP contribution in [-0.2, 0) is 6.54 Å². The van der Waals surface area contributed by atoms with E-state index in [1.54, 1.807) is 0 Å². The van der Waals surface area contributed by atoms with E-state index < -0.39 is 5.60 Å². The molecule has 0 radical (unpaired) electrons. The summed E-state index contributed by atoms with van der Waals surface area (Å²) in [6.45, 7) is 5.25. The van der Waals surface area contributed by atoms with E-state index in [1.807, 2.05) is 18.2 Å². The van der Waals surface area contributed by atoms with E-state index in [1.165, 1.54) is 0 Å². The lowest BCUT2D eigenvalue weighted by Crippen LogP contribution is -2.32. The van der Waals surface area contributed by atoms with E-state index in [0.717, 1.165) is 31.2 Å². The number of ether oxygens (including phenoxy) is 1. The van der Waals surface area contributed by atoms with Crippen molar-refractivity contribution in [2.45, 2.75) is 57.7 Å². The summed E-state index contributed by atoms with van der Waals surface area (Å²) in [5.74, 6) is 0.697. The molecule has 4 heteroatoms. The minimum Gasteiger partial charge on any atom is -0.489 e. The zero-order chi connectivity index (χ0) is 14.6. The molecule has 2 rings (SSSR count). The lowest BCUT2D eigenvalue weighted by molar-refractivity contribution is 0.00114. The highest BCUT2D eigenvalue weighted by Crippen LogP contribution is 2.33. The summed E-state index contributed by atoms with van der Waals surface area (Å²) in [5, 5.41) is 14.3. The van der Waals surface area contributed by atoms with Crippen LogP contribution >= 0.6 is 11.6 Å². The average Bonchev–Trinajstić information content (AvgIpc) is 2.82. The molecule has 1 aliphatic rings. The van der Waals surface area contributed by atoms with Crippen molar-refractivity contribution < 1.29 is 9.84 Å². The monoisotopic (exact) mass is 297 g/mol. The van der Waals surface area contributed by atoms with E-state index in [2.05, 4.69) is 19.2 Å². The molecule has 0 saturated heterocycles. The van der Waals surface area contributed by atoms with Crippen molar-refractivity contribution >= 4 is 11.6 Å². The summed E-state index contributed by atoms with van der Waals surface area (Å²) in [5.41, 5.74) is 0.356. The SMILES string of the molecule is CC(C)NCc1cccc(Cl)c1OCC1(O)CCCC1. The molecule has 0 spiro atoms. The van der Waals surface area contributed by atoms with Crippen molar-refractivity contribution in [2.75, 3.05) is 6.61 Å². The van der Waals surface area contributed by atoms with Crippen LogP contribution in [-0.4, -0.2) is 23.4 Å². The van der Waals surface area contributed by atoms with Gasteiger partial charge in [-0.2, -0.15) is 0 Å². The number of para-hydroxylation sites is 1. The van der Waals surface area contributed by atoms with Gasteiger partial charge in [0.05, 0.1) is 10.6 Å². The molecule has 0 atom stereocenters. The fraction of sp³-hybridized carbons (Fsp3) is 0.625. The fourth-order valence-electron chi connectivity index (χ4n) is 2.55. The van der Waals surface area contributed by atoms with Crippen molar-refractivity contribution in [3.63, 3.8) is 0 Å². The Morgan fingerprint density at radius 2 is 2.05 bits per heavy atom. The predicted molar refractivity (Wildman–Crippen MR) is 82.3 cm³/mol. The molecule has 1 saturated carbocycles. The number of hydrogen-bond acceptors (Lipinski definition) is 3. The molecule has 0 aliphatic heterocycles. The minimum absolute atomic E-state index is 0.325. The molecule has 1 aromatic rings. The Balaban J connectivity index is 2.05. The average molecular weight is 298 g/mol. The van der Waals surface area contributed by atoms with Gasteiger partial charge in [-0.05, 0) is 18.9 Å². The molecule has 3 nitrogen and oxygen atoms in total. The van der Waals surface area contributed by atoms with Crippen molar-refractivity contribution in [1.29, 1.82) is 0 Å². The summed E-state index contributed by atoms with van der Waals surface area (Å²) >= 11 is 6.24. The first-order valence-corrected chi connectivity index (χ1v) is 7.74. The van der Waals surface area contributed by atoms with E-state index in [0.29, 0.717) is 30.0 Å². The molecule has 1 fully saturated rings. The highest BCUT2D eigenvalue weighted by Gasteiger charge is 2.32. The topological polar surface area (TPSA) is 41.5 Å². The van der Waals surface area contributed by atoms with Gasteiger partial charge in [0.2, 0.25) is 0 Å². The molecule has 0 unspecified atom stereocenters. The summed E-state index contributed by atoms with van der Waals surface area (Å²) in [6.07, 6.45) is 3.78. The third-order valence-electron chi connectivity index (χ3n) is 3.77. The normalized spacial score (nSPS) is 17.6. The van der Waals surface area contributed by atoms with Gasteiger partial charge in [-0.1, -0.05) is 50.4 Å². The number of aliphatic hydroxyl groups is 1. The minimum atomic E-state index is -0.679. The second-order valence-electron chi connectivity index (χ2n) is 5.98. The van der Waals surface area contributed by atoms with Gasteiger partial charge in [-0.15, -0.1) is 0 Å². The first-order chi connectivity index (χ1) is 9.50. The van der Waals surface area contributed by atoms with Crippen molar-refractivity contribution in [3.8, 4) is 5.75 Å². The number of nitrogens with one attached hydrogen (secondary N) is 1. The van der Waals surface area contributed by atoms with E-state index in [4.69, 9.17) is 16.3 Å². The molecular formula is C16H24ClNO2. The smallest absolute Gasteiger partial charge is 0.142 e. The molecule has 0 amide bonds. The highest BCUT2D eigenvalue weighted by molar-refractivity contribution is 6.32. The van der Waals surface area contributed by atoms with Gasteiger partial charge in [-0.25, -0.2) is 0 Å². The van der Waals surface area contributed by atoms with Gasteiger partial charge in [0, 0.05) is 18.2 Å². The quantitative estimate of drug-likeness (QED) is 0.844. The molecule has 20 heavy (non-hydrogen) atoms. The maximum Gasteiger partial charge on any atom is 0.142 e. The summed E-state index contributed by atoms with van der Waals surface area (Å²) in [6, 6.07) is 6.17. The van der Waals surface area contributed by atoms with Gasteiger partial charge in [0.1, 0.15) is 12.4 Å². The Kier molecular flexibility index (Phi) is 5.30. The Labute approximate surface area is 126 Å². The van der Waals surface area contributed by atoms with Crippen molar-refractivity contribution in [2.24, 2.45) is 0 Å². The molecular weight excluding hydrogens is 274 g/mol. The van der Waals surface area contributed by atoms with Crippen LogP contribution in [0.1, 0.15) is 45.1 Å². The largest absolute Gasteiger partial charge is 0.489 e. The molecule has 0 heterocycles. The molecule has 112 valence electrons. The Hall–Kier alpha value is -0.770. The van der Waals surface area contributed by atoms with Gasteiger partial charge in [-0.3, -0.25) is 0 Å². The zero-order valence-electron chi connectivity index (χ0n) is 12.3. The molecule has 2 N–H and O–H groups in total. The van der Waals surface area contributed by atoms with Crippen molar-refractivity contribution in [3.05, 3.63) is 28.8 Å². The summed E-state index contributed by atoms with van der Waals surface area (Å²) in [4.78, 5) is 0. The van der Waals surface area contributed by atoms with Gasteiger partial charge in [0.25, 0.3) is 0 Å². The summed E-state index contributed by atoms with van der Waals surface area (Å²) < 4.78 is 5.87. The van der Waals surface area contributed by atoms with Gasteiger partial charge < -0.3 is 15.2 Å². The fourth-order valence-corrected chi connectivity index (χ4v) is 2.80. The Bertz CT molecular complexity index is 442. The molecule has 0 bridgehead atoms. The first-order valence-electron chi connectivity index (χ1n) is 7.36. The number of rotatable bonds is 6. The van der Waals surface area contributed by atoms with Crippen LogP contribution in [0.5, 0.6) is 5.75 Å². The van der Waals surface area contributed by atoms with Gasteiger partial charge >= 0.3 is 0 Å². The van der Waals surface area contributed by atoms with Crippen LogP contribution in [0.3, 0.4) is 0 Å². The van der Waals surface area contributed by atoms with Crippen LogP contribution < -0.4 is 10.1 Å². The third kappa shape index (κ3) is 4.11. The molecule has 1 aliphatic carbocycles. The third-order valence-corrected chi connectivity index (χ3v) is 4.07. The number of benzene rings is 1. The first kappa shape index (κ1) is 15.6. The maximum absolute atomic E-state index is 10.4. The van der Waals surface area contributed by atoms with Crippen LogP contribution in [0.4, 0.5) is 0 Å². The second kappa shape index (κ2) is 6.79. The molecule has 1 aromatic carbocycles. The number of hydrogen-bond donors (Lipinski definition) is 2. The van der Waals surface area contributed by atoms with E-state index in [-0.39, 0.29) is 0 Å². The van der Waals surface area contributed by atoms with E-state index >= 15 is 0 Å². The second-order valence-corrected chi connectivity index (χ2v) is 6.39. The summed E-state index contributed by atoms with van der Waals surface area (Å²) in [7, 11) is 0. The van der Waals surface area contributed by atoms with Crippen LogP contribution in [0.2, 0.25) is 5.02 Å². The highest BCUT2D eigenvalue weighted by atomic mass is 35.5. The maximum atomic E-state index is 10.4. The lowest BCUT2D eigenvalue weighted by atomic mass is 10.0. The van der Waals surface area contributed by atoms with Crippen LogP contribution in [0.15, 0.2) is 18.2 Å². The standard InChI is InChI=1S/C16H24ClNO2/c1-12(2)18-10-13-6-5-7-14(17)15(13)20-11-16(19)8-3-4-9-16/h5-7,12,18-19H,3-4,8-11H2,1-2H3. The Morgan fingerprint density at radius 3 is 2.70 bits per heavy atom. The van der Waals surface area contributed by atoms with E-state index in [9.17, 15) is 5.11 Å². The predicted octanol–water partition coefficient (Wildman–Crippen LogP) is 3.52. The zero-order valence-corrected chi connectivity index (χ0v) is 13.0.